The summed E-state index contributed by atoms with van der Waals surface area (Å²) in [6, 6.07) is 16.1. The van der Waals surface area contributed by atoms with Crippen LogP contribution in [0.15, 0.2) is 42.5 Å². The molecule has 31 heavy (non-hydrogen) atoms. The van der Waals surface area contributed by atoms with Gasteiger partial charge in [-0.15, -0.1) is 0 Å². The Morgan fingerprint density at radius 2 is 1.87 bits per heavy atom. The maximum atomic E-state index is 10.2. The summed E-state index contributed by atoms with van der Waals surface area (Å²) in [4.78, 5) is 0. The topological polar surface area (TPSA) is 72.7 Å². The first-order chi connectivity index (χ1) is 15.0. The van der Waals surface area contributed by atoms with Crippen LogP contribution in [0.4, 0.5) is 0 Å². The molecule has 0 radical (unpaired) electrons. The van der Waals surface area contributed by atoms with E-state index in [1.807, 2.05) is 42.5 Å². The highest BCUT2D eigenvalue weighted by molar-refractivity contribution is 5.47. The molecule has 0 aliphatic carbocycles. The lowest BCUT2D eigenvalue weighted by Crippen LogP contribution is -2.39. The van der Waals surface area contributed by atoms with Crippen molar-refractivity contribution in [2.75, 3.05) is 33.9 Å². The molecule has 0 fully saturated rings. The summed E-state index contributed by atoms with van der Waals surface area (Å²) in [5.74, 6) is 3.05. The minimum absolute atomic E-state index is 0.0217. The van der Waals surface area contributed by atoms with Gasteiger partial charge in [-0.2, -0.15) is 5.26 Å². The fourth-order valence-corrected chi connectivity index (χ4v) is 4.05. The normalized spacial score (nSPS) is 17.0. The van der Waals surface area contributed by atoms with Crippen molar-refractivity contribution in [3.8, 4) is 29.1 Å². The second-order valence-corrected chi connectivity index (χ2v) is 8.11. The Bertz CT molecular complexity index is 909. The summed E-state index contributed by atoms with van der Waals surface area (Å²) in [6.45, 7) is 6.22. The number of nitrogens with zero attached hydrogens (tertiary/aromatic N) is 1. The van der Waals surface area contributed by atoms with E-state index in [1.54, 1.807) is 14.2 Å². The van der Waals surface area contributed by atoms with Gasteiger partial charge in [0.15, 0.2) is 23.0 Å². The Kier molecular flexibility index (Phi) is 7.64. The van der Waals surface area contributed by atoms with E-state index in [2.05, 4.69) is 25.2 Å². The molecule has 2 atom stereocenters. The predicted molar refractivity (Wildman–Crippen MR) is 120 cm³/mol. The van der Waals surface area contributed by atoms with Crippen molar-refractivity contribution in [3.63, 3.8) is 0 Å². The molecule has 3 rings (SSSR count). The molecule has 0 saturated heterocycles. The number of hydrogen-bond donors (Lipinski definition) is 1. The number of fused-ring (bicyclic) bond motifs is 1. The van der Waals surface area contributed by atoms with Crippen molar-refractivity contribution in [1.82, 2.24) is 5.32 Å². The lowest BCUT2D eigenvalue weighted by Gasteiger charge is -2.32. The van der Waals surface area contributed by atoms with Crippen LogP contribution in [0.3, 0.4) is 0 Å². The Morgan fingerprint density at radius 3 is 2.55 bits per heavy atom. The summed E-state index contributed by atoms with van der Waals surface area (Å²) in [5.41, 5.74) is 0.369. The van der Waals surface area contributed by atoms with E-state index in [-0.39, 0.29) is 12.0 Å². The average molecular weight is 425 g/mol. The summed E-state index contributed by atoms with van der Waals surface area (Å²) >= 11 is 0. The van der Waals surface area contributed by atoms with Crippen LogP contribution in [0.2, 0.25) is 0 Å². The van der Waals surface area contributed by atoms with Crippen LogP contribution in [0.1, 0.15) is 32.3 Å². The Labute approximate surface area is 185 Å². The molecule has 6 nitrogen and oxygen atoms in total. The van der Waals surface area contributed by atoms with Crippen molar-refractivity contribution < 1.29 is 18.9 Å². The average Bonchev–Trinajstić information content (AvgIpc) is 2.80. The number of rotatable bonds is 10. The third-order valence-corrected chi connectivity index (χ3v) is 5.95. The van der Waals surface area contributed by atoms with E-state index in [0.29, 0.717) is 24.7 Å². The number of ether oxygens (including phenoxy) is 4. The highest BCUT2D eigenvalue weighted by atomic mass is 16.6. The molecule has 0 spiro atoms. The standard InChI is InChI=1S/C25H32N2O4/c1-18(2)25(17-26,19-10-11-21(28-3)24(14-19)29-4)12-7-13-27-15-20-16-30-22-8-5-6-9-23(22)31-20/h5-6,8-11,14,18,20,27H,7,12-13,15-16H2,1-4H3/t20-,25+/m0/s1. The maximum Gasteiger partial charge on any atom is 0.161 e. The summed E-state index contributed by atoms with van der Waals surface area (Å²) in [6.07, 6.45) is 1.59. The molecule has 1 aliphatic heterocycles. The van der Waals surface area contributed by atoms with Crippen molar-refractivity contribution in [2.24, 2.45) is 5.92 Å². The van der Waals surface area contributed by atoms with Crippen LogP contribution in [0, 0.1) is 17.2 Å². The molecule has 166 valence electrons. The van der Waals surface area contributed by atoms with Gasteiger partial charge in [0.05, 0.1) is 25.7 Å². The minimum atomic E-state index is -0.593. The number of nitriles is 1. The van der Waals surface area contributed by atoms with E-state index >= 15 is 0 Å². The molecule has 6 heteroatoms. The third kappa shape index (κ3) is 5.05. The molecule has 1 aliphatic rings. The lowest BCUT2D eigenvalue weighted by molar-refractivity contribution is 0.0904. The number of para-hydroxylation sites is 2. The fraction of sp³-hybridized carbons (Fsp3) is 0.480. The number of benzene rings is 2. The van der Waals surface area contributed by atoms with Crippen LogP contribution in [-0.4, -0.2) is 40.0 Å². The first-order valence-corrected chi connectivity index (χ1v) is 10.8. The quantitative estimate of drug-likeness (QED) is 0.573. The van der Waals surface area contributed by atoms with Gasteiger partial charge < -0.3 is 24.3 Å². The van der Waals surface area contributed by atoms with Gasteiger partial charge in [0.25, 0.3) is 0 Å². The van der Waals surface area contributed by atoms with Gasteiger partial charge >= 0.3 is 0 Å². The zero-order valence-electron chi connectivity index (χ0n) is 18.8. The van der Waals surface area contributed by atoms with Crippen LogP contribution >= 0.6 is 0 Å². The predicted octanol–water partition coefficient (Wildman–Crippen LogP) is 4.33. The van der Waals surface area contributed by atoms with Gasteiger partial charge in [-0.3, -0.25) is 0 Å². The van der Waals surface area contributed by atoms with E-state index < -0.39 is 5.41 Å². The SMILES string of the molecule is COc1ccc([C@@](C#N)(CCCNC[C@H]2COc3ccccc3O2)C(C)C)cc1OC. The Balaban J connectivity index is 1.57. The van der Waals surface area contributed by atoms with Crippen LogP contribution in [-0.2, 0) is 5.41 Å². The van der Waals surface area contributed by atoms with Crippen molar-refractivity contribution in [2.45, 2.75) is 38.2 Å². The molecule has 0 saturated carbocycles. The molecule has 0 bridgehead atoms. The van der Waals surface area contributed by atoms with Gasteiger partial charge in [0.2, 0.25) is 0 Å². The van der Waals surface area contributed by atoms with E-state index in [0.717, 1.165) is 36.4 Å². The monoisotopic (exact) mass is 424 g/mol. The highest BCUT2D eigenvalue weighted by Crippen LogP contribution is 2.40. The summed E-state index contributed by atoms with van der Waals surface area (Å²) in [7, 11) is 3.23. The number of methoxy groups -OCH3 is 2. The molecule has 1 N–H and O–H groups in total. The van der Waals surface area contributed by atoms with Gasteiger partial charge in [0, 0.05) is 6.54 Å². The third-order valence-electron chi connectivity index (χ3n) is 5.95. The molecular weight excluding hydrogens is 392 g/mol. The molecule has 2 aromatic carbocycles. The first-order valence-electron chi connectivity index (χ1n) is 10.8. The Hall–Kier alpha value is -2.91. The molecule has 2 aromatic rings. The second kappa shape index (κ2) is 10.4. The first kappa shape index (κ1) is 22.8. The van der Waals surface area contributed by atoms with Crippen LogP contribution < -0.4 is 24.3 Å². The molecule has 0 unspecified atom stereocenters. The number of hydrogen-bond acceptors (Lipinski definition) is 6. The zero-order chi connectivity index (χ0) is 22.3. The molecule has 0 amide bonds. The van der Waals surface area contributed by atoms with E-state index in [9.17, 15) is 5.26 Å². The van der Waals surface area contributed by atoms with Gasteiger partial charge in [-0.05, 0) is 55.1 Å². The van der Waals surface area contributed by atoms with Crippen LogP contribution in [0.5, 0.6) is 23.0 Å². The lowest BCUT2D eigenvalue weighted by atomic mass is 9.70. The largest absolute Gasteiger partial charge is 0.493 e. The van der Waals surface area contributed by atoms with Gasteiger partial charge in [0.1, 0.15) is 12.7 Å². The van der Waals surface area contributed by atoms with E-state index in [1.165, 1.54) is 0 Å². The minimum Gasteiger partial charge on any atom is -0.493 e. The molecule has 1 heterocycles. The fourth-order valence-electron chi connectivity index (χ4n) is 4.05. The van der Waals surface area contributed by atoms with Crippen LogP contribution in [0.25, 0.3) is 0 Å². The Morgan fingerprint density at radius 1 is 1.13 bits per heavy atom. The summed E-state index contributed by atoms with van der Waals surface area (Å²) in [5, 5.41) is 13.6. The molecule has 0 aromatic heterocycles. The van der Waals surface area contributed by atoms with Crippen molar-refractivity contribution in [3.05, 3.63) is 48.0 Å². The van der Waals surface area contributed by atoms with Crippen molar-refractivity contribution >= 4 is 0 Å². The molecular formula is C25H32N2O4. The van der Waals surface area contributed by atoms with E-state index in [4.69, 9.17) is 18.9 Å². The van der Waals surface area contributed by atoms with Gasteiger partial charge in [-0.25, -0.2) is 0 Å². The smallest absolute Gasteiger partial charge is 0.161 e. The highest BCUT2D eigenvalue weighted by Gasteiger charge is 2.36. The number of nitrogens with one attached hydrogen (secondary N) is 1. The maximum absolute atomic E-state index is 10.2. The zero-order valence-corrected chi connectivity index (χ0v) is 18.8. The second-order valence-electron chi connectivity index (χ2n) is 8.11. The van der Waals surface area contributed by atoms with Gasteiger partial charge in [-0.1, -0.05) is 32.0 Å². The van der Waals surface area contributed by atoms with Crippen molar-refractivity contribution in [1.29, 1.82) is 5.26 Å². The summed E-state index contributed by atoms with van der Waals surface area (Å²) < 4.78 is 22.6.